The van der Waals surface area contributed by atoms with Crippen LogP contribution < -0.4 is 5.32 Å². The molecule has 1 N–H and O–H groups in total. The first-order valence-corrected chi connectivity index (χ1v) is 12.3. The van der Waals surface area contributed by atoms with Gasteiger partial charge < -0.3 is 10.1 Å². The van der Waals surface area contributed by atoms with E-state index in [1.54, 1.807) is 6.07 Å². The zero-order valence-electron chi connectivity index (χ0n) is 16.0. The zero-order valence-corrected chi connectivity index (χ0v) is 20.7. The van der Waals surface area contributed by atoms with E-state index >= 15 is 0 Å². The summed E-state index contributed by atoms with van der Waals surface area (Å²) in [5, 5.41) is 3.21. The number of alkyl halides is 2. The molecule has 3 fully saturated rings. The first kappa shape index (κ1) is 23.0. The van der Waals surface area contributed by atoms with Gasteiger partial charge in [0.1, 0.15) is 0 Å². The lowest BCUT2D eigenvalue weighted by atomic mass is 9.81. The Morgan fingerprint density at radius 3 is 2.29 bits per heavy atom. The lowest BCUT2D eigenvalue weighted by molar-refractivity contribution is -0.149. The van der Waals surface area contributed by atoms with Crippen LogP contribution in [-0.4, -0.2) is 51.4 Å². The number of amides is 3. The fraction of sp³-hybridized carbons (Fsp3) is 0.500. The van der Waals surface area contributed by atoms with Gasteiger partial charge >= 0.3 is 5.97 Å². The average molecular weight is 597 g/mol. The summed E-state index contributed by atoms with van der Waals surface area (Å²) in [4.78, 5) is 51.2. The number of imide groups is 1. The van der Waals surface area contributed by atoms with Crippen LogP contribution in [0.15, 0.2) is 18.2 Å². The second-order valence-corrected chi connectivity index (χ2v) is 10.9. The Morgan fingerprint density at radius 2 is 1.71 bits per heavy atom. The topological polar surface area (TPSA) is 92.8 Å². The number of carbonyl (C=O) groups is 4. The summed E-state index contributed by atoms with van der Waals surface area (Å²) >= 11 is 19.1. The van der Waals surface area contributed by atoms with Crippen LogP contribution >= 0.6 is 55.1 Å². The number of carbonyl (C=O) groups excluding carboxylic acids is 4. The molecule has 6 atom stereocenters. The lowest BCUT2D eigenvalue weighted by Crippen LogP contribution is -2.37. The Morgan fingerprint density at radius 1 is 1.10 bits per heavy atom. The van der Waals surface area contributed by atoms with E-state index in [1.807, 2.05) is 0 Å². The summed E-state index contributed by atoms with van der Waals surface area (Å²) in [6.07, 6.45) is 0.679. The highest BCUT2D eigenvalue weighted by Gasteiger charge is 2.66. The number of anilines is 1. The Balaban J connectivity index is 1.26. The number of fused-ring (bicyclic) bond motifs is 5. The van der Waals surface area contributed by atoms with Gasteiger partial charge in [0.05, 0.1) is 29.0 Å². The second kappa shape index (κ2) is 9.00. The number of nitrogens with one attached hydrogen (secondary N) is 1. The van der Waals surface area contributed by atoms with E-state index in [0.717, 1.165) is 6.42 Å². The third-order valence-electron chi connectivity index (χ3n) is 6.19. The normalized spacial score (nSPS) is 31.2. The Bertz CT molecular complexity index is 929. The van der Waals surface area contributed by atoms with Crippen LogP contribution in [0.25, 0.3) is 0 Å². The summed E-state index contributed by atoms with van der Waals surface area (Å²) in [7, 11) is 0. The van der Waals surface area contributed by atoms with Gasteiger partial charge in [-0.05, 0) is 36.5 Å². The van der Waals surface area contributed by atoms with Gasteiger partial charge in [-0.15, -0.1) is 0 Å². The SMILES string of the molecule is O=C(COC(=O)CCN1C(=O)[C@@H]2[C@H]3C[C@@H]([C@@H](Br)[C@H]3Br)[C@H]2C1=O)Nc1ccc(Cl)cc1Cl. The summed E-state index contributed by atoms with van der Waals surface area (Å²) in [5.74, 6) is -2.06. The molecular weight excluding hydrogens is 579 g/mol. The highest BCUT2D eigenvalue weighted by Crippen LogP contribution is 2.60. The molecule has 4 rings (SSSR count). The number of likely N-dealkylation sites (tertiary alicyclic amines) is 1. The second-order valence-electron chi connectivity index (χ2n) is 7.91. The van der Waals surface area contributed by atoms with Gasteiger partial charge in [0, 0.05) is 21.2 Å². The van der Waals surface area contributed by atoms with Crippen LogP contribution in [0.5, 0.6) is 0 Å². The maximum absolute atomic E-state index is 12.8. The van der Waals surface area contributed by atoms with Crippen molar-refractivity contribution in [2.75, 3.05) is 18.5 Å². The molecule has 3 amide bonds. The minimum atomic E-state index is -0.672. The van der Waals surface area contributed by atoms with Gasteiger partial charge in [0.2, 0.25) is 11.8 Å². The molecule has 166 valence electrons. The molecule has 1 aliphatic heterocycles. The molecule has 1 aromatic carbocycles. The van der Waals surface area contributed by atoms with Crippen LogP contribution in [0.2, 0.25) is 10.0 Å². The van der Waals surface area contributed by atoms with E-state index in [2.05, 4.69) is 37.2 Å². The quantitative estimate of drug-likeness (QED) is 0.308. The molecule has 1 aromatic rings. The highest BCUT2D eigenvalue weighted by molar-refractivity contribution is 9.12. The first-order chi connectivity index (χ1) is 14.7. The molecule has 2 bridgehead atoms. The average Bonchev–Trinajstić information content (AvgIpc) is 3.32. The van der Waals surface area contributed by atoms with Crippen molar-refractivity contribution in [2.45, 2.75) is 22.5 Å². The number of hydrogen-bond donors (Lipinski definition) is 1. The fourth-order valence-electron chi connectivity index (χ4n) is 4.83. The van der Waals surface area contributed by atoms with Crippen molar-refractivity contribution in [3.8, 4) is 0 Å². The van der Waals surface area contributed by atoms with Gasteiger partial charge in [-0.1, -0.05) is 55.1 Å². The monoisotopic (exact) mass is 594 g/mol. The van der Waals surface area contributed by atoms with E-state index in [4.69, 9.17) is 27.9 Å². The third-order valence-corrected chi connectivity index (χ3v) is 9.94. The van der Waals surface area contributed by atoms with Crippen LogP contribution in [0, 0.1) is 23.7 Å². The maximum Gasteiger partial charge on any atom is 0.308 e. The first-order valence-electron chi connectivity index (χ1n) is 9.73. The Kier molecular flexibility index (Phi) is 6.68. The predicted octanol–water partition coefficient (Wildman–Crippen LogP) is 3.64. The summed E-state index contributed by atoms with van der Waals surface area (Å²) < 4.78 is 4.97. The van der Waals surface area contributed by atoms with E-state index < -0.39 is 18.5 Å². The molecule has 0 spiro atoms. The van der Waals surface area contributed by atoms with E-state index in [9.17, 15) is 19.2 Å². The molecule has 0 unspecified atom stereocenters. The third kappa shape index (κ3) is 4.26. The van der Waals surface area contributed by atoms with Gasteiger partial charge in [-0.25, -0.2) is 0 Å². The molecule has 2 aliphatic carbocycles. The number of ether oxygens (including phenoxy) is 1. The molecule has 0 radical (unpaired) electrons. The van der Waals surface area contributed by atoms with Gasteiger partial charge in [0.15, 0.2) is 6.61 Å². The van der Waals surface area contributed by atoms with Crippen molar-refractivity contribution < 1.29 is 23.9 Å². The molecule has 2 saturated carbocycles. The smallest absolute Gasteiger partial charge is 0.308 e. The summed E-state index contributed by atoms with van der Waals surface area (Å²) in [5.41, 5.74) is 0.344. The van der Waals surface area contributed by atoms with E-state index in [-0.39, 0.29) is 63.1 Å². The number of rotatable bonds is 6. The van der Waals surface area contributed by atoms with Crippen LogP contribution in [-0.2, 0) is 23.9 Å². The largest absolute Gasteiger partial charge is 0.456 e. The number of hydrogen-bond acceptors (Lipinski definition) is 5. The lowest BCUT2D eigenvalue weighted by Gasteiger charge is -2.28. The van der Waals surface area contributed by atoms with Crippen molar-refractivity contribution in [1.29, 1.82) is 0 Å². The molecule has 7 nitrogen and oxygen atoms in total. The number of halogens is 4. The number of nitrogens with zero attached hydrogens (tertiary/aromatic N) is 1. The summed E-state index contributed by atoms with van der Waals surface area (Å²) in [6.45, 7) is -0.556. The molecule has 1 heterocycles. The standard InChI is InChI=1S/C20H18Br2Cl2N2O5/c21-17-9-6-10(18(17)22)16-15(9)19(29)26(20(16)30)4-3-14(28)31-7-13(27)25-12-2-1-8(23)5-11(12)24/h1-2,5,9-10,15-18H,3-4,6-7H2,(H,25,27)/t9-,10-,15-,16-,17-,18+/m1/s1. The molecule has 0 aromatic heterocycles. The minimum Gasteiger partial charge on any atom is -0.456 e. The zero-order chi connectivity index (χ0) is 22.4. The van der Waals surface area contributed by atoms with Gasteiger partial charge in [-0.2, -0.15) is 0 Å². The van der Waals surface area contributed by atoms with Crippen molar-refractivity contribution in [2.24, 2.45) is 23.7 Å². The molecule has 1 saturated heterocycles. The van der Waals surface area contributed by atoms with E-state index in [1.165, 1.54) is 17.0 Å². The summed E-state index contributed by atoms with van der Waals surface area (Å²) in [6, 6.07) is 4.58. The van der Waals surface area contributed by atoms with Crippen molar-refractivity contribution in [1.82, 2.24) is 4.90 Å². The fourth-order valence-corrected chi connectivity index (χ4v) is 7.16. The Hall–Kier alpha value is -1.16. The molecular formula is C20H18Br2Cl2N2O5. The predicted molar refractivity (Wildman–Crippen MR) is 121 cm³/mol. The highest BCUT2D eigenvalue weighted by atomic mass is 79.9. The van der Waals surface area contributed by atoms with Gasteiger partial charge in [0.25, 0.3) is 5.91 Å². The van der Waals surface area contributed by atoms with Crippen molar-refractivity contribution in [3.05, 3.63) is 28.2 Å². The van der Waals surface area contributed by atoms with E-state index in [0.29, 0.717) is 10.7 Å². The molecule has 31 heavy (non-hydrogen) atoms. The molecule has 3 aliphatic rings. The van der Waals surface area contributed by atoms with Gasteiger partial charge in [-0.3, -0.25) is 24.1 Å². The van der Waals surface area contributed by atoms with Crippen LogP contribution in [0.3, 0.4) is 0 Å². The van der Waals surface area contributed by atoms with Crippen molar-refractivity contribution >= 4 is 84.4 Å². The minimum absolute atomic E-state index is 0.0481. The van der Waals surface area contributed by atoms with Crippen molar-refractivity contribution in [3.63, 3.8) is 0 Å². The Labute approximate surface area is 205 Å². The number of esters is 1. The maximum atomic E-state index is 12.8. The number of benzene rings is 1. The molecule has 11 heteroatoms. The van der Waals surface area contributed by atoms with Crippen LogP contribution in [0.1, 0.15) is 12.8 Å². The van der Waals surface area contributed by atoms with Crippen LogP contribution in [0.4, 0.5) is 5.69 Å².